The Bertz CT molecular complexity index is 996. The maximum atomic E-state index is 10.9. The molecule has 2 aromatic heterocycles. The van der Waals surface area contributed by atoms with Gasteiger partial charge in [0.25, 0.3) is 0 Å². The van der Waals surface area contributed by atoms with Crippen LogP contribution in [-0.4, -0.2) is 45.1 Å². The number of carboxylic acid groups (broad SMARTS) is 1. The molecule has 3 aromatic rings. The number of likely N-dealkylation sites (tertiary alicyclic amines) is 1. The van der Waals surface area contributed by atoms with Crippen molar-refractivity contribution in [3.63, 3.8) is 0 Å². The number of piperidine rings is 1. The highest BCUT2D eigenvalue weighted by molar-refractivity contribution is 7.15. The van der Waals surface area contributed by atoms with E-state index in [1.54, 1.807) is 11.3 Å². The number of fused-ring (bicyclic) bond motifs is 1. The quantitative estimate of drug-likeness (QED) is 0.684. The van der Waals surface area contributed by atoms with Gasteiger partial charge in [-0.25, -0.2) is 9.78 Å². The van der Waals surface area contributed by atoms with E-state index in [0.717, 1.165) is 43.9 Å². The van der Waals surface area contributed by atoms with Crippen molar-refractivity contribution in [1.82, 2.24) is 14.3 Å². The number of benzene rings is 1. The number of aliphatic carboxylic acids is 1. The number of thiazole rings is 1. The van der Waals surface area contributed by atoms with Gasteiger partial charge in [0, 0.05) is 35.6 Å². The van der Waals surface area contributed by atoms with Gasteiger partial charge < -0.3 is 9.84 Å². The highest BCUT2D eigenvalue weighted by Gasteiger charge is 2.37. The predicted molar refractivity (Wildman–Crippen MR) is 109 cm³/mol. The van der Waals surface area contributed by atoms with Gasteiger partial charge in [0.2, 0.25) is 0 Å². The zero-order chi connectivity index (χ0) is 19.7. The minimum absolute atomic E-state index is 0.000517. The third-order valence-corrected chi connectivity index (χ3v) is 6.37. The topological polar surface area (TPSA) is 67.1 Å². The van der Waals surface area contributed by atoms with E-state index in [0.29, 0.717) is 5.75 Å². The first-order chi connectivity index (χ1) is 13.5. The van der Waals surface area contributed by atoms with E-state index in [-0.39, 0.29) is 12.0 Å². The second-order valence-corrected chi connectivity index (χ2v) is 8.65. The summed E-state index contributed by atoms with van der Waals surface area (Å²) in [7, 11) is 0. The fraction of sp³-hybridized carbons (Fsp3) is 0.429. The lowest BCUT2D eigenvalue weighted by molar-refractivity contribution is -0.139. The van der Waals surface area contributed by atoms with E-state index in [1.165, 1.54) is 10.5 Å². The van der Waals surface area contributed by atoms with Crippen molar-refractivity contribution in [1.29, 1.82) is 0 Å². The van der Waals surface area contributed by atoms with Crippen LogP contribution >= 0.6 is 11.3 Å². The molecule has 6 nitrogen and oxygen atoms in total. The molecule has 1 atom stereocenters. The van der Waals surface area contributed by atoms with E-state index >= 15 is 0 Å². The highest BCUT2D eigenvalue weighted by Crippen LogP contribution is 2.38. The van der Waals surface area contributed by atoms with Crippen molar-refractivity contribution in [3.8, 4) is 5.75 Å². The van der Waals surface area contributed by atoms with E-state index in [4.69, 9.17) is 14.8 Å². The Labute approximate surface area is 168 Å². The number of para-hydroxylation sites is 1. The molecule has 1 N–H and O–H groups in total. The molecule has 0 aliphatic carbocycles. The highest BCUT2D eigenvalue weighted by atomic mass is 32.1. The average molecular weight is 400 g/mol. The van der Waals surface area contributed by atoms with Crippen LogP contribution in [0.15, 0.2) is 35.8 Å². The van der Waals surface area contributed by atoms with Gasteiger partial charge in [0.15, 0.2) is 6.61 Å². The molecular formula is C21H25N3O3S. The molecule has 1 saturated heterocycles. The summed E-state index contributed by atoms with van der Waals surface area (Å²) >= 11 is 1.75. The molecule has 7 heteroatoms. The predicted octanol–water partition coefficient (Wildman–Crippen LogP) is 3.72. The number of carbonyl (C=O) groups is 1. The summed E-state index contributed by atoms with van der Waals surface area (Å²) in [6.45, 7) is 6.73. The Morgan fingerprint density at radius 3 is 3.04 bits per heavy atom. The molecule has 0 bridgehead atoms. The summed E-state index contributed by atoms with van der Waals surface area (Å²) in [6.07, 6.45) is 4.31. The molecule has 0 spiro atoms. The number of rotatable bonds is 6. The molecule has 1 fully saturated rings. The average Bonchev–Trinajstić information content (AvgIpc) is 3.25. The molecule has 1 aromatic carbocycles. The molecule has 0 radical (unpaired) electrons. The van der Waals surface area contributed by atoms with Crippen LogP contribution in [0.5, 0.6) is 5.75 Å². The lowest BCUT2D eigenvalue weighted by Crippen LogP contribution is -2.44. The first kappa shape index (κ1) is 19.0. The number of aromatic nitrogens is 2. The number of aryl methyl sites for hydroxylation is 1. The molecule has 1 aliphatic heterocycles. The lowest BCUT2D eigenvalue weighted by atomic mass is 9.79. The first-order valence-corrected chi connectivity index (χ1v) is 10.4. The molecule has 0 saturated carbocycles. The summed E-state index contributed by atoms with van der Waals surface area (Å²) in [5, 5.41) is 11.0. The van der Waals surface area contributed by atoms with Gasteiger partial charge in [-0.05, 0) is 32.4 Å². The molecule has 0 amide bonds. The van der Waals surface area contributed by atoms with Crippen LogP contribution in [0, 0.1) is 6.92 Å². The molecule has 4 rings (SSSR count). The Morgan fingerprint density at radius 1 is 1.39 bits per heavy atom. The van der Waals surface area contributed by atoms with E-state index in [9.17, 15) is 4.79 Å². The summed E-state index contributed by atoms with van der Waals surface area (Å²) in [5.74, 6) is 0.725. The molecule has 1 unspecified atom stereocenters. The minimum atomic E-state index is -0.963. The SMILES string of the molecule is Cc1nc(C2(C)CCCN(Cc3ccccc3OCC(=O)O)C2)c2sccn12. The monoisotopic (exact) mass is 399 g/mol. The summed E-state index contributed by atoms with van der Waals surface area (Å²) in [6, 6.07) is 7.71. The molecular weight excluding hydrogens is 374 g/mol. The van der Waals surface area contributed by atoms with Gasteiger partial charge in [0.1, 0.15) is 16.4 Å². The van der Waals surface area contributed by atoms with Crippen molar-refractivity contribution >= 4 is 22.1 Å². The molecule has 1 aliphatic rings. The van der Waals surface area contributed by atoms with Crippen molar-refractivity contribution in [2.24, 2.45) is 0 Å². The maximum absolute atomic E-state index is 10.9. The van der Waals surface area contributed by atoms with Crippen LogP contribution in [0.3, 0.4) is 0 Å². The van der Waals surface area contributed by atoms with Gasteiger partial charge >= 0.3 is 5.97 Å². The van der Waals surface area contributed by atoms with Gasteiger partial charge in [-0.3, -0.25) is 9.30 Å². The zero-order valence-electron chi connectivity index (χ0n) is 16.2. The smallest absolute Gasteiger partial charge is 0.341 e. The number of hydrogen-bond donors (Lipinski definition) is 1. The fourth-order valence-electron chi connectivity index (χ4n) is 4.19. The van der Waals surface area contributed by atoms with Crippen LogP contribution in [0.1, 0.15) is 36.8 Å². The largest absolute Gasteiger partial charge is 0.482 e. The third kappa shape index (κ3) is 3.64. The lowest BCUT2D eigenvalue weighted by Gasteiger charge is -2.39. The van der Waals surface area contributed by atoms with Crippen LogP contribution in [-0.2, 0) is 16.8 Å². The van der Waals surface area contributed by atoms with Gasteiger partial charge in [0.05, 0.1) is 5.69 Å². The second-order valence-electron chi connectivity index (χ2n) is 7.75. The van der Waals surface area contributed by atoms with Crippen LogP contribution in [0.4, 0.5) is 0 Å². The number of ether oxygens (including phenoxy) is 1. The third-order valence-electron chi connectivity index (χ3n) is 5.50. The molecule has 28 heavy (non-hydrogen) atoms. The second kappa shape index (κ2) is 7.56. The van der Waals surface area contributed by atoms with Crippen LogP contribution < -0.4 is 4.74 Å². The molecule has 3 heterocycles. The minimum Gasteiger partial charge on any atom is -0.482 e. The van der Waals surface area contributed by atoms with Crippen molar-refractivity contribution in [2.45, 2.75) is 38.6 Å². The number of nitrogens with zero attached hydrogens (tertiary/aromatic N) is 3. The van der Waals surface area contributed by atoms with Crippen molar-refractivity contribution in [2.75, 3.05) is 19.7 Å². The van der Waals surface area contributed by atoms with Gasteiger partial charge in [-0.2, -0.15) is 0 Å². The van der Waals surface area contributed by atoms with Crippen molar-refractivity contribution in [3.05, 3.63) is 52.9 Å². The van der Waals surface area contributed by atoms with E-state index in [2.05, 4.69) is 34.7 Å². The van der Waals surface area contributed by atoms with E-state index in [1.807, 2.05) is 24.3 Å². The number of carboxylic acids is 1. The zero-order valence-corrected chi connectivity index (χ0v) is 17.0. The summed E-state index contributed by atoms with van der Waals surface area (Å²) in [4.78, 5) is 19.4. The standard InChI is InChI=1S/C21H25N3O3S/c1-15-22-19(20-24(15)10-11-28-20)21(2)8-5-9-23(14-21)12-16-6-3-4-7-17(16)27-13-18(25)26/h3-4,6-7,10-11H,5,8-9,12-14H2,1-2H3,(H,25,26). The Balaban J connectivity index is 1.55. The fourth-order valence-corrected chi connectivity index (χ4v) is 5.21. The normalized spacial score (nSPS) is 20.5. The van der Waals surface area contributed by atoms with E-state index < -0.39 is 5.97 Å². The van der Waals surface area contributed by atoms with Crippen molar-refractivity contribution < 1.29 is 14.6 Å². The Hall–Kier alpha value is -2.38. The summed E-state index contributed by atoms with van der Waals surface area (Å²) in [5.41, 5.74) is 2.22. The summed E-state index contributed by atoms with van der Waals surface area (Å²) < 4.78 is 7.67. The Kier molecular flexibility index (Phi) is 5.12. The number of hydrogen-bond acceptors (Lipinski definition) is 5. The molecule has 148 valence electrons. The first-order valence-electron chi connectivity index (χ1n) is 9.54. The Morgan fingerprint density at radius 2 is 2.21 bits per heavy atom. The van der Waals surface area contributed by atoms with Gasteiger partial charge in [-0.15, -0.1) is 11.3 Å². The van der Waals surface area contributed by atoms with Gasteiger partial charge in [-0.1, -0.05) is 25.1 Å². The van der Waals surface area contributed by atoms with Crippen LogP contribution in [0.2, 0.25) is 0 Å². The van der Waals surface area contributed by atoms with Crippen LogP contribution in [0.25, 0.3) is 4.83 Å². The maximum Gasteiger partial charge on any atom is 0.341 e. The number of imidazole rings is 1.